The number of carbonyl (C=O) groups excluding carboxylic acids is 1. The minimum atomic E-state index is -3.64. The zero-order valence-electron chi connectivity index (χ0n) is 18.5. The van der Waals surface area contributed by atoms with Gasteiger partial charge in [0.1, 0.15) is 5.82 Å². The highest BCUT2D eigenvalue weighted by Crippen LogP contribution is 2.25. The highest BCUT2D eigenvalue weighted by Gasteiger charge is 2.15. The van der Waals surface area contributed by atoms with Crippen molar-refractivity contribution in [2.45, 2.75) is 39.7 Å². The monoisotopic (exact) mass is 444 g/mol. The minimum Gasteiger partial charge on any atom is -0.348 e. The highest BCUT2D eigenvalue weighted by molar-refractivity contribution is 7.92. The third kappa shape index (κ3) is 7.07. The molecule has 0 aliphatic carbocycles. The highest BCUT2D eigenvalue weighted by atomic mass is 32.2. The molecule has 0 atom stereocenters. The lowest BCUT2D eigenvalue weighted by atomic mass is 9.85. The van der Waals surface area contributed by atoms with E-state index in [0.29, 0.717) is 11.1 Å². The summed E-state index contributed by atoms with van der Waals surface area (Å²) in [6, 6.07) is 8.90. The third-order valence-corrected chi connectivity index (χ3v) is 5.28. The van der Waals surface area contributed by atoms with Gasteiger partial charge in [-0.2, -0.15) is 0 Å². The molecule has 7 heteroatoms. The van der Waals surface area contributed by atoms with E-state index >= 15 is 0 Å². The largest absolute Gasteiger partial charge is 0.348 e. The maximum atomic E-state index is 14.4. The fraction of sp³-hybridized carbons (Fsp3) is 0.292. The quantitative estimate of drug-likeness (QED) is 0.604. The lowest BCUT2D eigenvalue weighted by Gasteiger charge is -2.20. The van der Waals surface area contributed by atoms with Crippen molar-refractivity contribution >= 4 is 33.8 Å². The van der Waals surface area contributed by atoms with E-state index < -0.39 is 15.8 Å². The zero-order valence-corrected chi connectivity index (χ0v) is 19.4. The number of hydrogen-bond donors (Lipinski definition) is 2. The molecule has 0 heterocycles. The second-order valence-electron chi connectivity index (χ2n) is 8.49. The molecule has 166 valence electrons. The Kier molecular flexibility index (Phi) is 7.44. The number of anilines is 1. The molecule has 31 heavy (non-hydrogen) atoms. The molecule has 2 aromatic rings. The number of benzene rings is 2. The van der Waals surface area contributed by atoms with Crippen LogP contribution in [-0.2, 0) is 26.8 Å². The smallest absolute Gasteiger partial charge is 0.244 e. The lowest BCUT2D eigenvalue weighted by Crippen LogP contribution is -2.20. The van der Waals surface area contributed by atoms with Crippen LogP contribution in [0.1, 0.15) is 48.6 Å². The Morgan fingerprint density at radius 1 is 1.16 bits per heavy atom. The van der Waals surface area contributed by atoms with E-state index in [1.165, 1.54) is 23.8 Å². The molecule has 2 aromatic carbocycles. The van der Waals surface area contributed by atoms with E-state index in [1.54, 1.807) is 12.1 Å². The van der Waals surface area contributed by atoms with Crippen molar-refractivity contribution in [2.24, 2.45) is 0 Å². The molecule has 0 aromatic heterocycles. The number of rotatable bonds is 7. The SMILES string of the molecule is C=Cc1cc(CNC(=O)/C=C/c2ccc(C(C)(C)C)cc2C)cc(F)c1NS(C)(=O)=O. The molecule has 0 spiro atoms. The van der Waals surface area contributed by atoms with Crippen LogP contribution in [0.15, 0.2) is 43.0 Å². The predicted molar refractivity (Wildman–Crippen MR) is 126 cm³/mol. The van der Waals surface area contributed by atoms with Gasteiger partial charge in [-0.25, -0.2) is 12.8 Å². The first-order valence-electron chi connectivity index (χ1n) is 9.80. The summed E-state index contributed by atoms with van der Waals surface area (Å²) in [5.41, 5.74) is 3.90. The first-order valence-corrected chi connectivity index (χ1v) is 11.7. The fourth-order valence-corrected chi connectivity index (χ4v) is 3.57. The van der Waals surface area contributed by atoms with Gasteiger partial charge in [-0.05, 0) is 52.8 Å². The van der Waals surface area contributed by atoms with Gasteiger partial charge in [0.2, 0.25) is 15.9 Å². The number of amides is 1. The molecule has 0 saturated heterocycles. The van der Waals surface area contributed by atoms with Gasteiger partial charge in [-0.1, -0.05) is 51.6 Å². The average molecular weight is 445 g/mol. The van der Waals surface area contributed by atoms with Gasteiger partial charge < -0.3 is 5.32 Å². The Bertz CT molecular complexity index is 1130. The number of sulfonamides is 1. The van der Waals surface area contributed by atoms with Crippen LogP contribution in [0.2, 0.25) is 0 Å². The van der Waals surface area contributed by atoms with Crippen molar-refractivity contribution in [1.29, 1.82) is 0 Å². The third-order valence-electron chi connectivity index (χ3n) is 4.70. The average Bonchev–Trinajstić information content (AvgIpc) is 2.65. The van der Waals surface area contributed by atoms with Gasteiger partial charge in [0.25, 0.3) is 0 Å². The maximum absolute atomic E-state index is 14.4. The van der Waals surface area contributed by atoms with Gasteiger partial charge in [-0.3, -0.25) is 9.52 Å². The van der Waals surface area contributed by atoms with Crippen LogP contribution >= 0.6 is 0 Å². The normalized spacial score (nSPS) is 12.1. The lowest BCUT2D eigenvalue weighted by molar-refractivity contribution is -0.116. The van der Waals surface area contributed by atoms with Crippen molar-refractivity contribution in [3.05, 3.63) is 76.6 Å². The predicted octanol–water partition coefficient (Wildman–Crippen LogP) is 4.78. The summed E-state index contributed by atoms with van der Waals surface area (Å²) in [5.74, 6) is -1.06. The van der Waals surface area contributed by atoms with Crippen LogP contribution < -0.4 is 10.0 Å². The molecule has 0 saturated carbocycles. The molecule has 0 unspecified atom stereocenters. The second kappa shape index (κ2) is 9.47. The molecule has 2 rings (SSSR count). The van der Waals surface area contributed by atoms with Gasteiger partial charge in [0.15, 0.2) is 0 Å². The van der Waals surface area contributed by atoms with Gasteiger partial charge >= 0.3 is 0 Å². The summed E-state index contributed by atoms with van der Waals surface area (Å²) in [5, 5.41) is 2.71. The van der Waals surface area contributed by atoms with Crippen molar-refractivity contribution in [3.8, 4) is 0 Å². The van der Waals surface area contributed by atoms with Crippen LogP contribution in [0.25, 0.3) is 12.2 Å². The van der Waals surface area contributed by atoms with E-state index in [1.807, 2.05) is 13.0 Å². The molecular weight excluding hydrogens is 415 g/mol. The van der Waals surface area contributed by atoms with E-state index in [9.17, 15) is 17.6 Å². The number of aryl methyl sites for hydroxylation is 1. The van der Waals surface area contributed by atoms with Crippen LogP contribution in [0.3, 0.4) is 0 Å². The molecule has 0 radical (unpaired) electrons. The van der Waals surface area contributed by atoms with Gasteiger partial charge in [0, 0.05) is 18.2 Å². The van der Waals surface area contributed by atoms with Crippen LogP contribution in [0.4, 0.5) is 10.1 Å². The van der Waals surface area contributed by atoms with Gasteiger partial charge in [0.05, 0.1) is 11.9 Å². The summed E-state index contributed by atoms with van der Waals surface area (Å²) < 4.78 is 39.4. The molecule has 2 N–H and O–H groups in total. The van der Waals surface area contributed by atoms with E-state index in [2.05, 4.69) is 49.5 Å². The van der Waals surface area contributed by atoms with Crippen molar-refractivity contribution < 1.29 is 17.6 Å². The molecule has 0 fully saturated rings. The first kappa shape index (κ1) is 24.3. The van der Waals surface area contributed by atoms with E-state index in [-0.39, 0.29) is 23.6 Å². The Hall–Kier alpha value is -2.93. The number of carbonyl (C=O) groups is 1. The Labute approximate surface area is 184 Å². The Morgan fingerprint density at radius 3 is 2.39 bits per heavy atom. The first-order chi connectivity index (χ1) is 14.3. The van der Waals surface area contributed by atoms with Gasteiger partial charge in [-0.15, -0.1) is 0 Å². The fourth-order valence-electron chi connectivity index (χ4n) is 2.99. The van der Waals surface area contributed by atoms with Crippen LogP contribution in [0, 0.1) is 12.7 Å². The summed E-state index contributed by atoms with van der Waals surface area (Å²) >= 11 is 0. The summed E-state index contributed by atoms with van der Waals surface area (Å²) in [7, 11) is -3.64. The zero-order chi connectivity index (χ0) is 23.4. The van der Waals surface area contributed by atoms with Crippen molar-refractivity contribution in [1.82, 2.24) is 5.32 Å². The molecule has 5 nitrogen and oxygen atoms in total. The van der Waals surface area contributed by atoms with Crippen LogP contribution in [0.5, 0.6) is 0 Å². The number of halogens is 1. The summed E-state index contributed by atoms with van der Waals surface area (Å²) in [6.07, 6.45) is 5.47. The summed E-state index contributed by atoms with van der Waals surface area (Å²) in [6.45, 7) is 12.1. The van der Waals surface area contributed by atoms with Crippen molar-refractivity contribution in [3.63, 3.8) is 0 Å². The topological polar surface area (TPSA) is 75.3 Å². The number of nitrogens with one attached hydrogen (secondary N) is 2. The molecule has 1 amide bonds. The van der Waals surface area contributed by atoms with Crippen molar-refractivity contribution in [2.75, 3.05) is 11.0 Å². The molecule has 0 aliphatic rings. The summed E-state index contributed by atoms with van der Waals surface area (Å²) in [4.78, 5) is 12.2. The number of hydrogen-bond acceptors (Lipinski definition) is 3. The minimum absolute atomic E-state index is 0.0519. The Balaban J connectivity index is 2.09. The van der Waals surface area contributed by atoms with E-state index in [4.69, 9.17) is 0 Å². The standard InChI is InChI=1S/C24H29FN2O3S/c1-7-18-13-17(14-21(25)23(18)27-31(6,29)30)15-26-22(28)11-9-19-8-10-20(12-16(19)2)24(3,4)5/h7-14,27H,1,15H2,2-6H3,(H,26,28)/b11-9+. The second-order valence-corrected chi connectivity index (χ2v) is 10.2. The molecule has 0 bridgehead atoms. The molecule has 0 aliphatic heterocycles. The molecular formula is C24H29FN2O3S. The van der Waals surface area contributed by atoms with Crippen LogP contribution in [-0.4, -0.2) is 20.6 Å². The maximum Gasteiger partial charge on any atom is 0.244 e. The van der Waals surface area contributed by atoms with E-state index in [0.717, 1.165) is 17.4 Å². The Morgan fingerprint density at radius 2 is 1.84 bits per heavy atom.